The summed E-state index contributed by atoms with van der Waals surface area (Å²) in [6.45, 7) is 9.30. The number of amides is 1. The fourth-order valence-corrected chi connectivity index (χ4v) is 4.32. The van der Waals surface area contributed by atoms with Crippen molar-refractivity contribution in [3.63, 3.8) is 0 Å². The van der Waals surface area contributed by atoms with Crippen LogP contribution >= 0.6 is 0 Å². The molecule has 0 aliphatic heterocycles. The quantitative estimate of drug-likeness (QED) is 0.821. The molecule has 0 heterocycles. The van der Waals surface area contributed by atoms with E-state index in [1.165, 1.54) is 4.31 Å². The average molecular weight is 389 g/mol. The van der Waals surface area contributed by atoms with Crippen LogP contribution in [0.5, 0.6) is 0 Å². The van der Waals surface area contributed by atoms with Crippen molar-refractivity contribution < 1.29 is 13.2 Å². The fourth-order valence-electron chi connectivity index (χ4n) is 3.16. The Morgan fingerprint density at radius 3 is 1.93 bits per heavy atom. The normalized spacial score (nSPS) is 13.7. The second kappa shape index (κ2) is 8.13. The van der Waals surface area contributed by atoms with Gasteiger partial charge >= 0.3 is 0 Å². The molecule has 27 heavy (non-hydrogen) atoms. The zero-order valence-corrected chi connectivity index (χ0v) is 17.6. The van der Waals surface area contributed by atoms with Crippen molar-refractivity contribution in [2.75, 3.05) is 10.6 Å². The van der Waals surface area contributed by atoms with E-state index in [-0.39, 0.29) is 11.9 Å². The molecule has 5 nitrogen and oxygen atoms in total. The second-order valence-corrected chi connectivity index (χ2v) is 9.08. The van der Waals surface area contributed by atoms with Crippen LogP contribution in [0.4, 0.5) is 5.69 Å². The van der Waals surface area contributed by atoms with Gasteiger partial charge in [0.05, 0.1) is 18.0 Å². The molecule has 6 heteroatoms. The number of nitrogens with one attached hydrogen (secondary N) is 1. The first kappa shape index (κ1) is 21.0. The maximum Gasteiger partial charge on any atom is 0.244 e. The maximum absolute atomic E-state index is 12.8. The Morgan fingerprint density at radius 2 is 1.44 bits per heavy atom. The molecule has 1 N–H and O–H groups in total. The average Bonchev–Trinajstić information content (AvgIpc) is 2.53. The van der Waals surface area contributed by atoms with Crippen LogP contribution in [0.2, 0.25) is 0 Å². The van der Waals surface area contributed by atoms with Crippen molar-refractivity contribution >= 4 is 21.6 Å². The number of carbonyl (C=O) groups excluding carboxylic acids is 1. The topological polar surface area (TPSA) is 66.5 Å². The van der Waals surface area contributed by atoms with Gasteiger partial charge in [0.15, 0.2) is 0 Å². The molecule has 0 fully saturated rings. The molecular weight excluding hydrogens is 360 g/mol. The summed E-state index contributed by atoms with van der Waals surface area (Å²) in [5, 5.41) is 2.92. The molecule has 2 aromatic carbocycles. The minimum absolute atomic E-state index is 0.221. The van der Waals surface area contributed by atoms with Crippen LogP contribution in [0.1, 0.15) is 42.1 Å². The Morgan fingerprint density at radius 1 is 0.926 bits per heavy atom. The molecule has 146 valence electrons. The molecule has 1 amide bonds. The van der Waals surface area contributed by atoms with Crippen molar-refractivity contribution in [2.24, 2.45) is 0 Å². The fraction of sp³-hybridized carbons (Fsp3) is 0.381. The van der Waals surface area contributed by atoms with Crippen LogP contribution in [-0.2, 0) is 14.8 Å². The van der Waals surface area contributed by atoms with E-state index in [1.54, 1.807) is 19.1 Å². The largest absolute Gasteiger partial charge is 0.348 e. The van der Waals surface area contributed by atoms with Crippen molar-refractivity contribution in [2.45, 2.75) is 46.7 Å². The molecule has 0 aliphatic rings. The van der Waals surface area contributed by atoms with Crippen LogP contribution in [0.25, 0.3) is 0 Å². The summed E-state index contributed by atoms with van der Waals surface area (Å²) in [6, 6.07) is 12.3. The predicted molar refractivity (Wildman–Crippen MR) is 110 cm³/mol. The summed E-state index contributed by atoms with van der Waals surface area (Å²) in [5.74, 6) is -0.340. The monoisotopic (exact) mass is 388 g/mol. The molecule has 0 bridgehead atoms. The molecule has 0 unspecified atom stereocenters. The third-order valence-corrected chi connectivity index (χ3v) is 5.73. The second-order valence-electron chi connectivity index (χ2n) is 7.22. The third kappa shape index (κ3) is 5.32. The first-order valence-corrected chi connectivity index (χ1v) is 10.8. The van der Waals surface area contributed by atoms with Crippen LogP contribution in [0.3, 0.4) is 0 Å². The van der Waals surface area contributed by atoms with Crippen LogP contribution in [0.15, 0.2) is 42.5 Å². The Bertz CT molecular complexity index is 901. The Labute approximate surface area is 162 Å². The molecular formula is C21H28N2O3S. The highest BCUT2D eigenvalue weighted by Gasteiger charge is 2.30. The first-order valence-electron chi connectivity index (χ1n) is 8.93. The summed E-state index contributed by atoms with van der Waals surface area (Å²) < 4.78 is 26.1. The number of aryl methyl sites for hydroxylation is 3. The Balaban J connectivity index is 2.28. The third-order valence-electron chi connectivity index (χ3n) is 4.49. The lowest BCUT2D eigenvalue weighted by Gasteiger charge is -2.30. The predicted octanol–water partition coefficient (Wildman–Crippen LogP) is 3.64. The van der Waals surface area contributed by atoms with Gasteiger partial charge in [-0.2, -0.15) is 0 Å². The van der Waals surface area contributed by atoms with Gasteiger partial charge in [-0.25, -0.2) is 8.42 Å². The number of anilines is 1. The molecule has 0 aliphatic carbocycles. The number of benzene rings is 2. The number of carbonyl (C=O) groups is 1. The van der Waals surface area contributed by atoms with E-state index < -0.39 is 16.1 Å². The highest BCUT2D eigenvalue weighted by atomic mass is 32.2. The number of sulfonamides is 1. The van der Waals surface area contributed by atoms with Crippen molar-refractivity contribution in [1.29, 1.82) is 0 Å². The van der Waals surface area contributed by atoms with Crippen LogP contribution in [-0.4, -0.2) is 26.6 Å². The van der Waals surface area contributed by atoms with Gasteiger partial charge in [-0.3, -0.25) is 9.10 Å². The summed E-state index contributed by atoms with van der Waals surface area (Å²) in [6.07, 6.45) is 1.12. The van der Waals surface area contributed by atoms with E-state index in [0.29, 0.717) is 5.69 Å². The molecule has 0 saturated heterocycles. The van der Waals surface area contributed by atoms with Gasteiger partial charge < -0.3 is 5.32 Å². The summed E-state index contributed by atoms with van der Waals surface area (Å²) in [7, 11) is -3.63. The van der Waals surface area contributed by atoms with Crippen molar-refractivity contribution in [1.82, 2.24) is 5.32 Å². The molecule has 0 radical (unpaired) electrons. The molecule has 2 rings (SSSR count). The van der Waals surface area contributed by atoms with E-state index in [1.807, 2.05) is 58.0 Å². The minimum Gasteiger partial charge on any atom is -0.348 e. The smallest absolute Gasteiger partial charge is 0.244 e. The number of nitrogens with zero attached hydrogens (tertiary/aromatic N) is 1. The van der Waals surface area contributed by atoms with E-state index in [9.17, 15) is 13.2 Å². The van der Waals surface area contributed by atoms with E-state index in [4.69, 9.17) is 0 Å². The van der Waals surface area contributed by atoms with Crippen LogP contribution in [0, 0.1) is 20.8 Å². The Hall–Kier alpha value is -2.34. The minimum atomic E-state index is -3.63. The van der Waals surface area contributed by atoms with Gasteiger partial charge in [0.1, 0.15) is 6.04 Å². The number of hydrogen-bond acceptors (Lipinski definition) is 3. The van der Waals surface area contributed by atoms with Crippen molar-refractivity contribution in [3.05, 3.63) is 64.7 Å². The number of hydrogen-bond donors (Lipinski definition) is 1. The van der Waals surface area contributed by atoms with Gasteiger partial charge in [0.2, 0.25) is 15.9 Å². The van der Waals surface area contributed by atoms with E-state index in [2.05, 4.69) is 5.32 Å². The Kier molecular flexibility index (Phi) is 6.31. The standard InChI is InChI=1S/C21H28N2O3S/c1-14-7-9-19(10-8-14)17(4)22-21(24)18(5)23(27(6,25)26)20-12-15(2)11-16(3)13-20/h7-13,17-18H,1-6H3,(H,22,24)/t17-,18-/m1/s1. The first-order chi connectivity index (χ1) is 12.5. The summed E-state index contributed by atoms with van der Waals surface area (Å²) in [4.78, 5) is 12.8. The summed E-state index contributed by atoms with van der Waals surface area (Å²) in [5.41, 5.74) is 4.50. The van der Waals surface area contributed by atoms with Gasteiger partial charge in [0, 0.05) is 0 Å². The highest BCUT2D eigenvalue weighted by Crippen LogP contribution is 2.24. The van der Waals surface area contributed by atoms with E-state index in [0.717, 1.165) is 28.5 Å². The highest BCUT2D eigenvalue weighted by molar-refractivity contribution is 7.92. The molecule has 2 atom stereocenters. The molecule has 0 spiro atoms. The van der Waals surface area contributed by atoms with Gasteiger partial charge in [-0.15, -0.1) is 0 Å². The summed E-state index contributed by atoms with van der Waals surface area (Å²) >= 11 is 0. The lowest BCUT2D eigenvalue weighted by atomic mass is 10.1. The molecule has 0 saturated carbocycles. The zero-order valence-electron chi connectivity index (χ0n) is 16.8. The molecule has 0 aromatic heterocycles. The van der Waals surface area contributed by atoms with Crippen molar-refractivity contribution in [3.8, 4) is 0 Å². The van der Waals surface area contributed by atoms with Gasteiger partial charge in [-0.05, 0) is 63.4 Å². The molecule has 2 aromatic rings. The lowest BCUT2D eigenvalue weighted by molar-refractivity contribution is -0.122. The van der Waals surface area contributed by atoms with Gasteiger partial charge in [0.25, 0.3) is 0 Å². The van der Waals surface area contributed by atoms with E-state index >= 15 is 0 Å². The maximum atomic E-state index is 12.8. The van der Waals surface area contributed by atoms with Crippen LogP contribution < -0.4 is 9.62 Å². The lowest BCUT2D eigenvalue weighted by Crippen LogP contribution is -2.48. The SMILES string of the molecule is Cc1ccc([C@@H](C)NC(=O)[C@@H](C)N(c2cc(C)cc(C)c2)S(C)(=O)=O)cc1. The number of rotatable bonds is 6. The zero-order chi connectivity index (χ0) is 20.4. The van der Waals surface area contributed by atoms with Gasteiger partial charge in [-0.1, -0.05) is 35.9 Å².